The topological polar surface area (TPSA) is 16.4 Å². The molecule has 0 spiro atoms. The van der Waals surface area contributed by atoms with Gasteiger partial charge >= 0.3 is 0 Å². The van der Waals surface area contributed by atoms with Gasteiger partial charge in [0.05, 0.1) is 0 Å². The van der Waals surface area contributed by atoms with Crippen molar-refractivity contribution >= 4 is 70.9 Å². The Balaban J connectivity index is 1.33. The van der Waals surface area contributed by atoms with Gasteiger partial charge in [0.1, 0.15) is 11.2 Å². The molecule has 1 aromatic heterocycles. The fourth-order valence-electron chi connectivity index (χ4n) is 6.70. The van der Waals surface area contributed by atoms with E-state index in [9.17, 15) is 0 Å². The first-order valence-electron chi connectivity index (χ1n) is 14.4. The number of furan rings is 1. The monoisotopic (exact) mass is 683 g/mol. The van der Waals surface area contributed by atoms with Gasteiger partial charge in [-0.15, -0.1) is 0 Å². The highest BCUT2D eigenvalue weighted by atomic mass is 79.9. The fourth-order valence-corrected chi connectivity index (χ4v) is 7.23. The molecule has 0 bridgehead atoms. The first-order valence-corrected chi connectivity index (χ1v) is 16.0. The van der Waals surface area contributed by atoms with E-state index >= 15 is 0 Å². The highest BCUT2D eigenvalue weighted by molar-refractivity contribution is 9.10. The molecule has 8 rings (SSSR count). The van der Waals surface area contributed by atoms with Crippen molar-refractivity contribution in [1.82, 2.24) is 0 Å². The predicted molar refractivity (Wildman–Crippen MR) is 187 cm³/mol. The molecule has 0 saturated carbocycles. The zero-order valence-electron chi connectivity index (χ0n) is 23.7. The van der Waals surface area contributed by atoms with Crippen LogP contribution in [0.3, 0.4) is 0 Å². The quantitative estimate of drug-likeness (QED) is 0.183. The van der Waals surface area contributed by atoms with Crippen molar-refractivity contribution in [3.05, 3.63) is 147 Å². The van der Waals surface area contributed by atoms with Gasteiger partial charge in [0.2, 0.25) is 0 Å². The zero-order valence-corrected chi connectivity index (χ0v) is 26.9. The van der Waals surface area contributed by atoms with Crippen molar-refractivity contribution in [3.63, 3.8) is 0 Å². The van der Waals surface area contributed by atoms with Gasteiger partial charge in [0.25, 0.3) is 0 Å². The molecular formula is C39H27Br2NO. The number of nitrogens with zero attached hydrogens (tertiary/aromatic N) is 1. The lowest BCUT2D eigenvalue weighted by Crippen LogP contribution is -2.15. The molecule has 0 amide bonds. The summed E-state index contributed by atoms with van der Waals surface area (Å²) in [6.45, 7) is 4.65. The van der Waals surface area contributed by atoms with Crippen LogP contribution in [0.4, 0.5) is 17.1 Å². The van der Waals surface area contributed by atoms with E-state index in [-0.39, 0.29) is 5.41 Å². The smallest absolute Gasteiger partial charge is 0.144 e. The standard InChI is InChI=1S/C39H27Br2NO/c1-39(2)33-9-5-3-7-30(33)37-34(39)23-32(36-31-8-4-6-10-35(31)43-38(36)37)24-11-17-27(18-12-24)42(28-19-13-25(40)14-20-28)29-21-15-26(41)16-22-29/h3-23H,1-2H3. The van der Waals surface area contributed by atoms with E-state index < -0.39 is 0 Å². The third-order valence-corrected chi connectivity index (χ3v) is 9.86. The van der Waals surface area contributed by atoms with Crippen LogP contribution in [0, 0.1) is 0 Å². The Morgan fingerprint density at radius 3 is 1.79 bits per heavy atom. The van der Waals surface area contributed by atoms with Crippen LogP contribution >= 0.6 is 31.9 Å². The fraction of sp³-hybridized carbons (Fsp3) is 0.0769. The molecule has 0 fully saturated rings. The lowest BCUT2D eigenvalue weighted by Gasteiger charge is -2.26. The van der Waals surface area contributed by atoms with Crippen LogP contribution in [-0.2, 0) is 5.41 Å². The molecule has 43 heavy (non-hydrogen) atoms. The van der Waals surface area contributed by atoms with Crippen molar-refractivity contribution in [2.45, 2.75) is 19.3 Å². The van der Waals surface area contributed by atoms with Gasteiger partial charge < -0.3 is 9.32 Å². The van der Waals surface area contributed by atoms with Crippen LogP contribution in [0.2, 0.25) is 0 Å². The molecule has 208 valence electrons. The zero-order chi connectivity index (χ0) is 29.3. The average molecular weight is 685 g/mol. The van der Waals surface area contributed by atoms with Crippen molar-refractivity contribution in [3.8, 4) is 22.3 Å². The number of fused-ring (bicyclic) bond motifs is 7. The molecule has 0 aliphatic heterocycles. The summed E-state index contributed by atoms with van der Waals surface area (Å²) in [5.41, 5.74) is 12.6. The van der Waals surface area contributed by atoms with E-state index in [1.54, 1.807) is 0 Å². The molecule has 0 saturated heterocycles. The summed E-state index contributed by atoms with van der Waals surface area (Å²) in [6, 6.07) is 45.4. The van der Waals surface area contributed by atoms with E-state index in [1.165, 1.54) is 38.8 Å². The van der Waals surface area contributed by atoms with E-state index in [2.05, 4.69) is 178 Å². The maximum atomic E-state index is 6.69. The number of hydrogen-bond acceptors (Lipinski definition) is 2. The third-order valence-electron chi connectivity index (χ3n) is 8.80. The minimum absolute atomic E-state index is 0.131. The molecule has 6 aromatic carbocycles. The highest BCUT2D eigenvalue weighted by Gasteiger charge is 2.38. The molecular weight excluding hydrogens is 658 g/mol. The summed E-state index contributed by atoms with van der Waals surface area (Å²) in [6.07, 6.45) is 0. The number of benzene rings is 6. The lowest BCUT2D eigenvalue weighted by molar-refractivity contribution is 0.653. The molecule has 2 nitrogen and oxygen atoms in total. The van der Waals surface area contributed by atoms with Crippen molar-refractivity contribution in [2.24, 2.45) is 0 Å². The van der Waals surface area contributed by atoms with Crippen LogP contribution in [0.25, 0.3) is 44.2 Å². The van der Waals surface area contributed by atoms with Gasteiger partial charge in [-0.2, -0.15) is 0 Å². The molecule has 1 heterocycles. The Morgan fingerprint density at radius 1 is 0.581 bits per heavy atom. The van der Waals surface area contributed by atoms with Gasteiger partial charge in [-0.05, 0) is 101 Å². The first kappa shape index (κ1) is 26.5. The molecule has 1 aliphatic carbocycles. The Hall–Kier alpha value is -4.12. The van der Waals surface area contributed by atoms with Gasteiger partial charge in [-0.25, -0.2) is 0 Å². The van der Waals surface area contributed by atoms with Crippen LogP contribution < -0.4 is 4.90 Å². The molecule has 0 N–H and O–H groups in total. The molecule has 7 aromatic rings. The highest BCUT2D eigenvalue weighted by Crippen LogP contribution is 2.54. The number of anilines is 3. The normalized spacial score (nSPS) is 13.3. The third kappa shape index (κ3) is 4.19. The van der Waals surface area contributed by atoms with Crippen LogP contribution in [0.15, 0.2) is 141 Å². The van der Waals surface area contributed by atoms with E-state index in [4.69, 9.17) is 4.42 Å². The maximum absolute atomic E-state index is 6.69. The first-order chi connectivity index (χ1) is 20.9. The Kier molecular flexibility index (Phi) is 6.15. The Labute approximate surface area is 267 Å². The second kappa shape index (κ2) is 9.97. The second-order valence-electron chi connectivity index (χ2n) is 11.7. The largest absolute Gasteiger partial charge is 0.455 e. The van der Waals surface area contributed by atoms with Crippen LogP contribution in [0.1, 0.15) is 25.0 Å². The minimum atomic E-state index is -0.131. The number of rotatable bonds is 4. The minimum Gasteiger partial charge on any atom is -0.455 e. The molecule has 0 atom stereocenters. The SMILES string of the molecule is CC1(C)c2ccccc2-c2c1cc(-c1ccc(N(c3ccc(Br)cc3)c3ccc(Br)cc3)cc1)c1c2oc2ccccc21. The maximum Gasteiger partial charge on any atom is 0.144 e. The van der Waals surface area contributed by atoms with Gasteiger partial charge in [-0.1, -0.05) is 100 Å². The van der Waals surface area contributed by atoms with Gasteiger partial charge in [-0.3, -0.25) is 0 Å². The van der Waals surface area contributed by atoms with Gasteiger partial charge in [0.15, 0.2) is 0 Å². The summed E-state index contributed by atoms with van der Waals surface area (Å²) in [4.78, 5) is 2.29. The summed E-state index contributed by atoms with van der Waals surface area (Å²) in [7, 11) is 0. The number of halogens is 2. The van der Waals surface area contributed by atoms with Crippen molar-refractivity contribution < 1.29 is 4.42 Å². The molecule has 4 heteroatoms. The van der Waals surface area contributed by atoms with E-state index in [0.717, 1.165) is 42.6 Å². The molecule has 0 radical (unpaired) electrons. The lowest BCUT2D eigenvalue weighted by atomic mass is 9.81. The van der Waals surface area contributed by atoms with E-state index in [1.807, 2.05) is 0 Å². The summed E-state index contributed by atoms with van der Waals surface area (Å²) < 4.78 is 8.80. The van der Waals surface area contributed by atoms with Gasteiger partial charge in [0, 0.05) is 47.8 Å². The second-order valence-corrected chi connectivity index (χ2v) is 13.5. The average Bonchev–Trinajstić information content (AvgIpc) is 3.52. The van der Waals surface area contributed by atoms with Crippen LogP contribution in [-0.4, -0.2) is 0 Å². The Morgan fingerprint density at radius 2 is 1.14 bits per heavy atom. The predicted octanol–water partition coefficient (Wildman–Crippen LogP) is 12.6. The van der Waals surface area contributed by atoms with Crippen LogP contribution in [0.5, 0.6) is 0 Å². The summed E-state index contributed by atoms with van der Waals surface area (Å²) >= 11 is 7.18. The Bertz CT molecular complexity index is 2110. The number of para-hydroxylation sites is 1. The number of hydrogen-bond donors (Lipinski definition) is 0. The summed E-state index contributed by atoms with van der Waals surface area (Å²) in [5, 5.41) is 2.32. The molecule has 1 aliphatic rings. The van der Waals surface area contributed by atoms with Crippen molar-refractivity contribution in [1.29, 1.82) is 0 Å². The summed E-state index contributed by atoms with van der Waals surface area (Å²) in [5.74, 6) is 0. The molecule has 0 unspecified atom stereocenters. The van der Waals surface area contributed by atoms with E-state index in [0.29, 0.717) is 0 Å². The van der Waals surface area contributed by atoms with Crippen molar-refractivity contribution in [2.75, 3.05) is 4.90 Å².